The number of hydrogen-bond donors (Lipinski definition) is 1. The fraction of sp³-hybridized carbons (Fsp3) is 0.500. The molecule has 0 fully saturated rings. The highest BCUT2D eigenvalue weighted by Crippen LogP contribution is 2.28. The summed E-state index contributed by atoms with van der Waals surface area (Å²) >= 11 is 2.86. The van der Waals surface area contributed by atoms with E-state index in [9.17, 15) is 13.2 Å². The first-order valence-electron chi connectivity index (χ1n) is 9.04. The zero-order valence-corrected chi connectivity index (χ0v) is 19.9. The lowest BCUT2D eigenvalue weighted by Crippen LogP contribution is -2.44. The standard InChI is InChI=1S/C18H27N5O3S3/c1-12(2)11-27-18-21-20-17(28-18)19-16(24)10-23(29(25,26)22(5)6)15-9-13(3)7-8-14(15)4/h7-9,12H,10-11H2,1-6H3,(H,19,20,24). The van der Waals surface area contributed by atoms with Crippen molar-refractivity contribution >= 4 is 50.0 Å². The number of carbonyl (C=O) groups is 1. The van der Waals surface area contributed by atoms with Crippen molar-refractivity contribution in [3.8, 4) is 0 Å². The number of thioether (sulfide) groups is 1. The molecule has 1 aromatic heterocycles. The molecule has 0 spiro atoms. The second kappa shape index (κ2) is 9.88. The number of aromatic nitrogens is 2. The normalized spacial score (nSPS) is 11.9. The van der Waals surface area contributed by atoms with Crippen LogP contribution in [0.1, 0.15) is 25.0 Å². The Bertz CT molecular complexity index is 957. The fourth-order valence-corrected chi connectivity index (χ4v) is 5.19. The Kier molecular flexibility index (Phi) is 8.03. The highest BCUT2D eigenvalue weighted by molar-refractivity contribution is 8.01. The molecule has 1 amide bonds. The monoisotopic (exact) mass is 457 g/mol. The number of benzene rings is 1. The van der Waals surface area contributed by atoms with Crippen molar-refractivity contribution in [2.75, 3.05) is 36.0 Å². The Hall–Kier alpha value is -1.69. The Morgan fingerprint density at radius 2 is 1.93 bits per heavy atom. The van der Waals surface area contributed by atoms with E-state index in [4.69, 9.17) is 0 Å². The van der Waals surface area contributed by atoms with Gasteiger partial charge in [0.15, 0.2) is 4.34 Å². The summed E-state index contributed by atoms with van der Waals surface area (Å²) in [6.45, 7) is 7.56. The molecule has 160 valence electrons. The minimum absolute atomic E-state index is 0.351. The molecule has 0 aliphatic rings. The highest BCUT2D eigenvalue weighted by Gasteiger charge is 2.28. The Labute approximate surface area is 180 Å². The van der Waals surface area contributed by atoms with Crippen LogP contribution in [0, 0.1) is 19.8 Å². The van der Waals surface area contributed by atoms with Crippen LogP contribution in [0.3, 0.4) is 0 Å². The van der Waals surface area contributed by atoms with Crippen LogP contribution < -0.4 is 9.62 Å². The topological polar surface area (TPSA) is 95.5 Å². The molecule has 0 radical (unpaired) electrons. The number of amides is 1. The summed E-state index contributed by atoms with van der Waals surface area (Å²) in [7, 11) is -0.985. The number of anilines is 2. The lowest BCUT2D eigenvalue weighted by Gasteiger charge is -2.28. The van der Waals surface area contributed by atoms with Crippen molar-refractivity contribution in [3.05, 3.63) is 29.3 Å². The van der Waals surface area contributed by atoms with Crippen molar-refractivity contribution in [1.29, 1.82) is 0 Å². The van der Waals surface area contributed by atoms with Crippen molar-refractivity contribution in [3.63, 3.8) is 0 Å². The molecule has 0 saturated heterocycles. The predicted octanol–water partition coefficient (Wildman–Crippen LogP) is 3.15. The summed E-state index contributed by atoms with van der Waals surface area (Å²) in [5.74, 6) is 0.946. The number of hydrogen-bond acceptors (Lipinski definition) is 7. The van der Waals surface area contributed by atoms with Crippen LogP contribution >= 0.6 is 23.1 Å². The fourth-order valence-electron chi connectivity index (χ4n) is 2.32. The van der Waals surface area contributed by atoms with Crippen LogP contribution in [0.15, 0.2) is 22.5 Å². The van der Waals surface area contributed by atoms with E-state index in [2.05, 4.69) is 29.4 Å². The van der Waals surface area contributed by atoms with Gasteiger partial charge in [-0.25, -0.2) is 4.31 Å². The highest BCUT2D eigenvalue weighted by atomic mass is 32.2. The minimum atomic E-state index is -3.86. The maximum absolute atomic E-state index is 12.9. The van der Waals surface area contributed by atoms with Gasteiger partial charge in [-0.3, -0.25) is 10.1 Å². The van der Waals surface area contributed by atoms with Crippen molar-refractivity contribution < 1.29 is 13.2 Å². The van der Waals surface area contributed by atoms with Gasteiger partial charge < -0.3 is 0 Å². The molecule has 0 saturated carbocycles. The Balaban J connectivity index is 2.21. The number of aryl methyl sites for hydroxylation is 2. The molecule has 1 aromatic carbocycles. The van der Waals surface area contributed by atoms with Crippen LogP contribution in [-0.4, -0.2) is 55.2 Å². The quantitative estimate of drug-likeness (QED) is 0.459. The average molecular weight is 458 g/mol. The van der Waals surface area contributed by atoms with E-state index in [1.807, 2.05) is 26.0 Å². The molecule has 2 rings (SSSR count). The van der Waals surface area contributed by atoms with E-state index in [-0.39, 0.29) is 6.54 Å². The van der Waals surface area contributed by atoms with Crippen molar-refractivity contribution in [1.82, 2.24) is 14.5 Å². The van der Waals surface area contributed by atoms with Crippen molar-refractivity contribution in [2.24, 2.45) is 5.92 Å². The molecule has 0 aliphatic heterocycles. The van der Waals surface area contributed by atoms with Crippen LogP contribution in [-0.2, 0) is 15.0 Å². The van der Waals surface area contributed by atoms with Gasteiger partial charge in [0.05, 0.1) is 5.69 Å². The lowest BCUT2D eigenvalue weighted by molar-refractivity contribution is -0.114. The molecular formula is C18H27N5O3S3. The lowest BCUT2D eigenvalue weighted by atomic mass is 10.1. The van der Waals surface area contributed by atoms with Gasteiger partial charge >= 0.3 is 10.2 Å². The molecular weight excluding hydrogens is 430 g/mol. The Morgan fingerprint density at radius 3 is 2.55 bits per heavy atom. The number of nitrogens with one attached hydrogen (secondary N) is 1. The van der Waals surface area contributed by atoms with Gasteiger partial charge in [-0.05, 0) is 37.0 Å². The summed E-state index contributed by atoms with van der Waals surface area (Å²) in [6, 6.07) is 5.50. The maximum Gasteiger partial charge on any atom is 0.304 e. The third-order valence-electron chi connectivity index (χ3n) is 3.85. The third-order valence-corrected chi connectivity index (χ3v) is 8.06. The zero-order chi connectivity index (χ0) is 21.8. The first kappa shape index (κ1) is 23.6. The van der Waals surface area contributed by atoms with E-state index in [0.29, 0.717) is 16.7 Å². The van der Waals surface area contributed by atoms with Gasteiger partial charge in [0.2, 0.25) is 11.0 Å². The second-order valence-corrected chi connectivity index (χ2v) is 11.5. The van der Waals surface area contributed by atoms with E-state index in [0.717, 1.165) is 29.8 Å². The van der Waals surface area contributed by atoms with Crippen LogP contribution in [0.2, 0.25) is 0 Å². The summed E-state index contributed by atoms with van der Waals surface area (Å²) in [6.07, 6.45) is 0. The van der Waals surface area contributed by atoms with E-state index < -0.39 is 16.1 Å². The van der Waals surface area contributed by atoms with Gasteiger partial charge in [-0.1, -0.05) is 49.1 Å². The molecule has 0 atom stereocenters. The summed E-state index contributed by atoms with van der Waals surface area (Å²) in [4.78, 5) is 12.6. The van der Waals surface area contributed by atoms with E-state index >= 15 is 0 Å². The first-order chi connectivity index (χ1) is 13.5. The largest absolute Gasteiger partial charge is 0.304 e. The predicted molar refractivity (Wildman–Crippen MR) is 120 cm³/mol. The summed E-state index contributed by atoms with van der Waals surface area (Å²) < 4.78 is 28.7. The number of carbonyl (C=O) groups excluding carboxylic acids is 1. The molecule has 8 nitrogen and oxygen atoms in total. The van der Waals surface area contributed by atoms with Crippen LogP contribution in [0.25, 0.3) is 0 Å². The molecule has 2 aromatic rings. The van der Waals surface area contributed by atoms with Crippen molar-refractivity contribution in [2.45, 2.75) is 32.0 Å². The molecule has 29 heavy (non-hydrogen) atoms. The average Bonchev–Trinajstić information content (AvgIpc) is 3.07. The number of nitrogens with zero attached hydrogens (tertiary/aromatic N) is 4. The summed E-state index contributed by atoms with van der Waals surface area (Å²) in [5, 5.41) is 11.1. The van der Waals surface area contributed by atoms with Gasteiger partial charge in [-0.15, -0.1) is 10.2 Å². The van der Waals surface area contributed by atoms with Gasteiger partial charge in [-0.2, -0.15) is 12.7 Å². The molecule has 0 bridgehead atoms. The zero-order valence-electron chi connectivity index (χ0n) is 17.5. The molecule has 0 aliphatic carbocycles. The molecule has 11 heteroatoms. The smallest absolute Gasteiger partial charge is 0.299 e. The second-order valence-electron chi connectivity index (χ2n) is 7.21. The molecule has 1 N–H and O–H groups in total. The summed E-state index contributed by atoms with van der Waals surface area (Å²) in [5.41, 5.74) is 2.14. The third kappa shape index (κ3) is 6.39. The van der Waals surface area contributed by atoms with E-state index in [1.165, 1.54) is 25.4 Å². The van der Waals surface area contributed by atoms with E-state index in [1.54, 1.807) is 17.8 Å². The van der Waals surface area contributed by atoms with Gasteiger partial charge in [0, 0.05) is 19.8 Å². The van der Waals surface area contributed by atoms with Gasteiger partial charge in [0.1, 0.15) is 6.54 Å². The first-order valence-corrected chi connectivity index (χ1v) is 12.2. The SMILES string of the molecule is Cc1ccc(C)c(N(CC(=O)Nc2nnc(SCC(C)C)s2)S(=O)(=O)N(C)C)c1. The van der Waals surface area contributed by atoms with Gasteiger partial charge in [0.25, 0.3) is 0 Å². The molecule has 1 heterocycles. The van der Waals surface area contributed by atoms with Crippen LogP contribution in [0.5, 0.6) is 0 Å². The Morgan fingerprint density at radius 1 is 1.24 bits per heavy atom. The minimum Gasteiger partial charge on any atom is -0.299 e. The maximum atomic E-state index is 12.9. The molecule has 0 unspecified atom stereocenters. The van der Waals surface area contributed by atoms with Crippen LogP contribution in [0.4, 0.5) is 10.8 Å². The number of rotatable bonds is 9.